The Labute approximate surface area is 164 Å². The number of carbonyl (C=O) groups excluding carboxylic acids is 1. The summed E-state index contributed by atoms with van der Waals surface area (Å²) in [4.78, 5) is 31.5. The van der Waals surface area contributed by atoms with Gasteiger partial charge in [-0.15, -0.1) is 11.3 Å². The van der Waals surface area contributed by atoms with E-state index >= 15 is 0 Å². The summed E-state index contributed by atoms with van der Waals surface area (Å²) in [7, 11) is 0. The van der Waals surface area contributed by atoms with E-state index in [0.29, 0.717) is 15.8 Å². The summed E-state index contributed by atoms with van der Waals surface area (Å²) in [5, 5.41) is 3.21. The van der Waals surface area contributed by atoms with Gasteiger partial charge in [0.15, 0.2) is 0 Å². The summed E-state index contributed by atoms with van der Waals surface area (Å²) in [5.74, 6) is -0.0621. The van der Waals surface area contributed by atoms with Gasteiger partial charge in [-0.25, -0.2) is 4.98 Å². The van der Waals surface area contributed by atoms with Gasteiger partial charge in [-0.3, -0.25) is 14.2 Å². The van der Waals surface area contributed by atoms with Crippen LogP contribution in [-0.2, 0) is 0 Å². The van der Waals surface area contributed by atoms with Crippen molar-refractivity contribution >= 4 is 27.5 Å². The normalized spacial score (nSPS) is 19.9. The lowest BCUT2D eigenvalue weighted by atomic mass is 9.95. The molecule has 0 atom stereocenters. The van der Waals surface area contributed by atoms with Crippen LogP contribution in [0.25, 0.3) is 10.2 Å². The van der Waals surface area contributed by atoms with Crippen molar-refractivity contribution in [1.29, 1.82) is 0 Å². The number of aromatic nitrogens is 2. The summed E-state index contributed by atoms with van der Waals surface area (Å²) in [6.45, 7) is 1.93. The number of carbonyl (C=O) groups is 1. The van der Waals surface area contributed by atoms with Crippen LogP contribution >= 0.6 is 11.3 Å². The van der Waals surface area contributed by atoms with Gasteiger partial charge in [0.05, 0.1) is 11.9 Å². The number of fused-ring (bicyclic) bond motifs is 1. The highest BCUT2D eigenvalue weighted by atomic mass is 32.1. The summed E-state index contributed by atoms with van der Waals surface area (Å²) < 4.78 is 2.44. The van der Waals surface area contributed by atoms with Crippen molar-refractivity contribution in [2.45, 2.75) is 89.6 Å². The largest absolute Gasteiger partial charge is 0.349 e. The van der Waals surface area contributed by atoms with Crippen LogP contribution in [0.1, 0.15) is 91.9 Å². The Bertz CT molecular complexity index is 871. The molecule has 5 nitrogen and oxygen atoms in total. The molecule has 0 spiro atoms. The molecular formula is C21H29N3O2S. The molecule has 2 aromatic rings. The van der Waals surface area contributed by atoms with Crippen molar-refractivity contribution in [1.82, 2.24) is 14.9 Å². The highest BCUT2D eigenvalue weighted by Crippen LogP contribution is 2.30. The van der Waals surface area contributed by atoms with Crippen LogP contribution < -0.4 is 10.9 Å². The molecule has 2 fully saturated rings. The predicted octanol–water partition coefficient (Wildman–Crippen LogP) is 4.72. The Morgan fingerprint density at radius 1 is 1.07 bits per heavy atom. The van der Waals surface area contributed by atoms with Crippen LogP contribution in [0.4, 0.5) is 0 Å². The number of aryl methyl sites for hydroxylation is 1. The Balaban J connectivity index is 1.63. The quantitative estimate of drug-likeness (QED) is 0.775. The topological polar surface area (TPSA) is 64.0 Å². The fourth-order valence-corrected chi connectivity index (χ4v) is 5.70. The van der Waals surface area contributed by atoms with E-state index in [1.807, 2.05) is 11.5 Å². The second-order valence-corrected chi connectivity index (χ2v) is 9.35. The van der Waals surface area contributed by atoms with Gasteiger partial charge in [0.25, 0.3) is 11.5 Å². The van der Waals surface area contributed by atoms with Crippen LogP contribution in [0.2, 0.25) is 0 Å². The number of hydrogen-bond acceptors (Lipinski definition) is 4. The van der Waals surface area contributed by atoms with Crippen molar-refractivity contribution in [3.05, 3.63) is 27.1 Å². The minimum absolute atomic E-state index is 0.0218. The number of thiophene rings is 1. The van der Waals surface area contributed by atoms with E-state index < -0.39 is 0 Å². The van der Waals surface area contributed by atoms with E-state index in [9.17, 15) is 9.59 Å². The standard InChI is InChI=1S/C21H29N3O2S/c1-14-17(20(25)23-15-9-5-2-3-6-10-15)18-19(27-14)21(26)24(13-22-18)16-11-7-4-8-12-16/h13,15-16H,2-12H2,1H3,(H,23,25). The number of nitrogens with zero attached hydrogens (tertiary/aromatic N) is 2. The maximum Gasteiger partial charge on any atom is 0.271 e. The maximum atomic E-state index is 13.1. The summed E-state index contributed by atoms with van der Waals surface area (Å²) in [5.41, 5.74) is 1.21. The molecule has 27 heavy (non-hydrogen) atoms. The van der Waals surface area contributed by atoms with Gasteiger partial charge in [-0.05, 0) is 32.6 Å². The average molecular weight is 388 g/mol. The summed E-state index contributed by atoms with van der Waals surface area (Å²) >= 11 is 1.42. The molecule has 1 N–H and O–H groups in total. The van der Waals surface area contributed by atoms with Crippen molar-refractivity contribution in [3.63, 3.8) is 0 Å². The second kappa shape index (κ2) is 8.13. The van der Waals surface area contributed by atoms with Crippen molar-refractivity contribution < 1.29 is 4.79 Å². The third kappa shape index (κ3) is 3.82. The van der Waals surface area contributed by atoms with Gasteiger partial charge in [-0.1, -0.05) is 44.9 Å². The fourth-order valence-electron chi connectivity index (χ4n) is 4.66. The lowest BCUT2D eigenvalue weighted by Gasteiger charge is -2.23. The fraction of sp³-hybridized carbons (Fsp3) is 0.667. The number of amides is 1. The molecule has 0 aromatic carbocycles. The summed E-state index contributed by atoms with van der Waals surface area (Å²) in [6.07, 6.45) is 14.4. The molecular weight excluding hydrogens is 358 g/mol. The molecule has 0 bridgehead atoms. The molecule has 2 aliphatic rings. The third-order valence-electron chi connectivity index (χ3n) is 6.18. The zero-order chi connectivity index (χ0) is 18.8. The van der Waals surface area contributed by atoms with Gasteiger partial charge in [0.1, 0.15) is 10.2 Å². The average Bonchev–Trinajstić information content (AvgIpc) is 2.83. The smallest absolute Gasteiger partial charge is 0.271 e. The van der Waals surface area contributed by atoms with Gasteiger partial charge >= 0.3 is 0 Å². The van der Waals surface area contributed by atoms with E-state index in [2.05, 4.69) is 10.3 Å². The van der Waals surface area contributed by atoms with Crippen molar-refractivity contribution in [2.75, 3.05) is 0 Å². The highest BCUT2D eigenvalue weighted by Gasteiger charge is 2.25. The van der Waals surface area contributed by atoms with Crippen molar-refractivity contribution in [2.24, 2.45) is 0 Å². The number of hydrogen-bond donors (Lipinski definition) is 1. The van der Waals surface area contributed by atoms with E-state index in [1.165, 1.54) is 56.3 Å². The Morgan fingerprint density at radius 2 is 1.70 bits per heavy atom. The lowest BCUT2D eigenvalue weighted by molar-refractivity contribution is 0.0934. The second-order valence-electron chi connectivity index (χ2n) is 8.12. The third-order valence-corrected chi connectivity index (χ3v) is 7.27. The molecule has 2 aliphatic carbocycles. The molecule has 4 rings (SSSR count). The van der Waals surface area contributed by atoms with Crippen LogP contribution in [0, 0.1) is 6.92 Å². The van der Waals surface area contributed by atoms with Gasteiger partial charge in [-0.2, -0.15) is 0 Å². The molecule has 0 saturated heterocycles. The lowest BCUT2D eigenvalue weighted by Crippen LogP contribution is -2.34. The first-order chi connectivity index (χ1) is 13.1. The molecule has 2 heterocycles. The Hall–Kier alpha value is -1.69. The Kier molecular flexibility index (Phi) is 5.62. The summed E-state index contributed by atoms with van der Waals surface area (Å²) in [6, 6.07) is 0.505. The minimum atomic E-state index is -0.0621. The molecule has 6 heteroatoms. The first kappa shape index (κ1) is 18.7. The molecule has 2 saturated carbocycles. The Morgan fingerprint density at radius 3 is 2.41 bits per heavy atom. The van der Waals surface area contributed by atoms with E-state index in [1.54, 1.807) is 6.33 Å². The van der Waals surface area contributed by atoms with Gasteiger partial charge < -0.3 is 5.32 Å². The van der Waals surface area contributed by atoms with Gasteiger partial charge in [0.2, 0.25) is 0 Å². The van der Waals surface area contributed by atoms with E-state index in [-0.39, 0.29) is 23.6 Å². The van der Waals surface area contributed by atoms with E-state index in [4.69, 9.17) is 0 Å². The SMILES string of the molecule is Cc1sc2c(=O)n(C3CCCCC3)cnc2c1C(=O)NC1CCCCCC1. The maximum absolute atomic E-state index is 13.1. The number of nitrogens with one attached hydrogen (secondary N) is 1. The number of rotatable bonds is 3. The van der Waals surface area contributed by atoms with Crippen LogP contribution in [0.3, 0.4) is 0 Å². The molecule has 0 aliphatic heterocycles. The first-order valence-electron chi connectivity index (χ1n) is 10.5. The van der Waals surface area contributed by atoms with Crippen LogP contribution in [0.5, 0.6) is 0 Å². The van der Waals surface area contributed by atoms with Crippen LogP contribution in [0.15, 0.2) is 11.1 Å². The molecule has 1 amide bonds. The molecule has 0 radical (unpaired) electrons. The molecule has 2 aromatic heterocycles. The predicted molar refractivity (Wildman–Crippen MR) is 110 cm³/mol. The molecule has 0 unspecified atom stereocenters. The zero-order valence-electron chi connectivity index (χ0n) is 16.1. The minimum Gasteiger partial charge on any atom is -0.349 e. The van der Waals surface area contributed by atoms with E-state index in [0.717, 1.165) is 30.6 Å². The monoisotopic (exact) mass is 387 g/mol. The van der Waals surface area contributed by atoms with Crippen LogP contribution in [-0.4, -0.2) is 21.5 Å². The van der Waals surface area contributed by atoms with Crippen molar-refractivity contribution in [3.8, 4) is 0 Å². The van der Waals surface area contributed by atoms with Gasteiger partial charge in [0, 0.05) is 17.0 Å². The zero-order valence-corrected chi connectivity index (χ0v) is 16.9. The first-order valence-corrected chi connectivity index (χ1v) is 11.3. The highest BCUT2D eigenvalue weighted by molar-refractivity contribution is 7.19. The molecule has 146 valence electrons.